The molecule has 0 radical (unpaired) electrons. The average molecular weight is 226 g/mol. The molecule has 15 heavy (non-hydrogen) atoms. The molecule has 0 saturated carbocycles. The quantitative estimate of drug-likeness (QED) is 0.802. The van der Waals surface area contributed by atoms with E-state index in [0.29, 0.717) is 6.04 Å². The molecule has 0 aliphatic rings. The van der Waals surface area contributed by atoms with Gasteiger partial charge < -0.3 is 5.32 Å². The second kappa shape index (κ2) is 6.23. The lowest BCUT2D eigenvalue weighted by atomic mass is 10.0. The number of aryl methyl sites for hydroxylation is 1. The van der Waals surface area contributed by atoms with E-state index < -0.39 is 0 Å². The van der Waals surface area contributed by atoms with E-state index in [1.807, 2.05) is 5.51 Å². The van der Waals surface area contributed by atoms with Crippen LogP contribution in [-0.4, -0.2) is 11.5 Å². The fraction of sp³-hybridized carbons (Fsp3) is 0.750. The van der Waals surface area contributed by atoms with Crippen LogP contribution >= 0.6 is 11.3 Å². The van der Waals surface area contributed by atoms with Gasteiger partial charge in [0, 0.05) is 10.9 Å². The highest BCUT2D eigenvalue weighted by atomic mass is 32.1. The van der Waals surface area contributed by atoms with Crippen LogP contribution in [0, 0.1) is 12.8 Å². The van der Waals surface area contributed by atoms with Gasteiger partial charge in [-0.2, -0.15) is 0 Å². The van der Waals surface area contributed by atoms with Crippen LogP contribution in [0.4, 0.5) is 0 Å². The smallest absolute Gasteiger partial charge is 0.0798 e. The number of rotatable bonds is 6. The Kier molecular flexibility index (Phi) is 5.26. The molecule has 0 spiro atoms. The Labute approximate surface area is 97.1 Å². The standard InChI is InChI=1S/C12H22N2S/c1-5-13-11(7-6-9(2)3)12-10(4)14-8-15-12/h8-9,11,13H,5-7H2,1-4H3. The van der Waals surface area contributed by atoms with E-state index in [1.54, 1.807) is 11.3 Å². The summed E-state index contributed by atoms with van der Waals surface area (Å²) in [6.45, 7) is 9.86. The van der Waals surface area contributed by atoms with E-state index in [2.05, 4.69) is 38.0 Å². The van der Waals surface area contributed by atoms with Gasteiger partial charge in [-0.05, 0) is 32.2 Å². The third kappa shape index (κ3) is 3.92. The van der Waals surface area contributed by atoms with Crippen LogP contribution in [-0.2, 0) is 0 Å². The van der Waals surface area contributed by atoms with Crippen molar-refractivity contribution in [2.45, 2.75) is 46.6 Å². The summed E-state index contributed by atoms with van der Waals surface area (Å²) >= 11 is 1.78. The molecule has 1 aromatic rings. The monoisotopic (exact) mass is 226 g/mol. The lowest BCUT2D eigenvalue weighted by molar-refractivity contribution is 0.451. The van der Waals surface area contributed by atoms with Crippen molar-refractivity contribution in [1.82, 2.24) is 10.3 Å². The molecule has 0 saturated heterocycles. The molecule has 0 fully saturated rings. The van der Waals surface area contributed by atoms with Gasteiger partial charge in [-0.15, -0.1) is 11.3 Å². The summed E-state index contributed by atoms with van der Waals surface area (Å²) in [5.41, 5.74) is 3.14. The maximum absolute atomic E-state index is 4.33. The van der Waals surface area contributed by atoms with Gasteiger partial charge in [-0.3, -0.25) is 0 Å². The van der Waals surface area contributed by atoms with Gasteiger partial charge in [0.2, 0.25) is 0 Å². The van der Waals surface area contributed by atoms with Crippen molar-refractivity contribution in [3.8, 4) is 0 Å². The largest absolute Gasteiger partial charge is 0.309 e. The molecular weight excluding hydrogens is 204 g/mol. The zero-order valence-electron chi connectivity index (χ0n) is 10.2. The van der Waals surface area contributed by atoms with Gasteiger partial charge >= 0.3 is 0 Å². The minimum atomic E-state index is 0.505. The van der Waals surface area contributed by atoms with Crippen molar-refractivity contribution in [2.24, 2.45) is 5.92 Å². The van der Waals surface area contributed by atoms with Crippen LogP contribution < -0.4 is 5.32 Å². The average Bonchev–Trinajstić information content (AvgIpc) is 2.59. The van der Waals surface area contributed by atoms with Crippen LogP contribution in [0.5, 0.6) is 0 Å². The van der Waals surface area contributed by atoms with Crippen LogP contribution in [0.15, 0.2) is 5.51 Å². The molecule has 1 rings (SSSR count). The lowest BCUT2D eigenvalue weighted by Gasteiger charge is -2.18. The van der Waals surface area contributed by atoms with E-state index in [1.165, 1.54) is 23.4 Å². The molecule has 0 bridgehead atoms. The Morgan fingerprint density at radius 1 is 1.40 bits per heavy atom. The summed E-state index contributed by atoms with van der Waals surface area (Å²) in [4.78, 5) is 5.74. The number of nitrogens with one attached hydrogen (secondary N) is 1. The maximum Gasteiger partial charge on any atom is 0.0798 e. The molecule has 0 aromatic carbocycles. The highest BCUT2D eigenvalue weighted by Gasteiger charge is 2.15. The van der Waals surface area contributed by atoms with Gasteiger partial charge in [-0.25, -0.2) is 4.98 Å². The second-order valence-electron chi connectivity index (χ2n) is 4.38. The predicted octanol–water partition coefficient (Wildman–Crippen LogP) is 3.54. The normalized spacial score (nSPS) is 13.4. The van der Waals surface area contributed by atoms with Crippen molar-refractivity contribution in [2.75, 3.05) is 6.54 Å². The maximum atomic E-state index is 4.33. The highest BCUT2D eigenvalue weighted by Crippen LogP contribution is 2.26. The van der Waals surface area contributed by atoms with Crippen molar-refractivity contribution >= 4 is 11.3 Å². The first kappa shape index (κ1) is 12.7. The van der Waals surface area contributed by atoms with Gasteiger partial charge in [-0.1, -0.05) is 20.8 Å². The van der Waals surface area contributed by atoms with Gasteiger partial charge in [0.05, 0.1) is 11.2 Å². The molecule has 86 valence electrons. The fourth-order valence-corrected chi connectivity index (χ4v) is 2.63. The Morgan fingerprint density at radius 3 is 2.60 bits per heavy atom. The molecule has 1 unspecified atom stereocenters. The van der Waals surface area contributed by atoms with Gasteiger partial charge in [0.25, 0.3) is 0 Å². The minimum absolute atomic E-state index is 0.505. The molecule has 1 atom stereocenters. The molecule has 3 heteroatoms. The summed E-state index contributed by atoms with van der Waals surface area (Å²) in [7, 11) is 0. The molecule has 1 aromatic heterocycles. The topological polar surface area (TPSA) is 24.9 Å². The van der Waals surface area contributed by atoms with Crippen LogP contribution in [0.3, 0.4) is 0 Å². The third-order valence-electron chi connectivity index (χ3n) is 2.58. The predicted molar refractivity (Wildman–Crippen MR) is 67.3 cm³/mol. The number of hydrogen-bond donors (Lipinski definition) is 1. The molecule has 1 N–H and O–H groups in total. The van der Waals surface area contributed by atoms with Crippen molar-refractivity contribution in [3.63, 3.8) is 0 Å². The zero-order valence-corrected chi connectivity index (χ0v) is 11.0. The van der Waals surface area contributed by atoms with E-state index in [9.17, 15) is 0 Å². The lowest BCUT2D eigenvalue weighted by Crippen LogP contribution is -2.21. The van der Waals surface area contributed by atoms with Crippen LogP contribution in [0.25, 0.3) is 0 Å². The van der Waals surface area contributed by atoms with E-state index in [-0.39, 0.29) is 0 Å². The van der Waals surface area contributed by atoms with E-state index in [0.717, 1.165) is 12.5 Å². The van der Waals surface area contributed by atoms with Gasteiger partial charge in [0.15, 0.2) is 0 Å². The Hall–Kier alpha value is -0.410. The first-order chi connectivity index (χ1) is 7.15. The molecule has 0 aliphatic heterocycles. The zero-order chi connectivity index (χ0) is 11.3. The molecule has 2 nitrogen and oxygen atoms in total. The Bertz CT molecular complexity index is 281. The number of nitrogens with zero attached hydrogens (tertiary/aromatic N) is 1. The van der Waals surface area contributed by atoms with Crippen LogP contribution in [0.1, 0.15) is 50.2 Å². The molecule has 1 heterocycles. The van der Waals surface area contributed by atoms with Crippen molar-refractivity contribution in [1.29, 1.82) is 0 Å². The SMILES string of the molecule is CCNC(CCC(C)C)c1scnc1C. The Balaban J connectivity index is 2.61. The van der Waals surface area contributed by atoms with Crippen LogP contribution in [0.2, 0.25) is 0 Å². The fourth-order valence-electron chi connectivity index (χ4n) is 1.72. The highest BCUT2D eigenvalue weighted by molar-refractivity contribution is 7.09. The van der Waals surface area contributed by atoms with Crippen molar-refractivity contribution < 1.29 is 0 Å². The van der Waals surface area contributed by atoms with E-state index >= 15 is 0 Å². The van der Waals surface area contributed by atoms with Gasteiger partial charge in [0.1, 0.15) is 0 Å². The summed E-state index contributed by atoms with van der Waals surface area (Å²) in [5, 5.41) is 3.55. The third-order valence-corrected chi connectivity index (χ3v) is 3.63. The second-order valence-corrected chi connectivity index (χ2v) is 5.27. The summed E-state index contributed by atoms with van der Waals surface area (Å²) in [6, 6.07) is 0.505. The Morgan fingerprint density at radius 2 is 2.13 bits per heavy atom. The summed E-state index contributed by atoms with van der Waals surface area (Å²) in [6.07, 6.45) is 2.49. The first-order valence-electron chi connectivity index (χ1n) is 5.78. The number of aromatic nitrogens is 1. The van der Waals surface area contributed by atoms with Crippen molar-refractivity contribution in [3.05, 3.63) is 16.1 Å². The molecule has 0 amide bonds. The number of hydrogen-bond acceptors (Lipinski definition) is 3. The van der Waals surface area contributed by atoms with E-state index in [4.69, 9.17) is 0 Å². The molecule has 0 aliphatic carbocycles. The summed E-state index contributed by atoms with van der Waals surface area (Å²) in [5.74, 6) is 0.777. The molecular formula is C12H22N2S. The summed E-state index contributed by atoms with van der Waals surface area (Å²) < 4.78 is 0. The minimum Gasteiger partial charge on any atom is -0.309 e. The number of thiazole rings is 1. The first-order valence-corrected chi connectivity index (χ1v) is 6.66.